The van der Waals surface area contributed by atoms with Gasteiger partial charge < -0.3 is 10.4 Å². The number of hydrogen-bond acceptors (Lipinski definition) is 3. The molecule has 1 rings (SSSR count). The zero-order valence-electron chi connectivity index (χ0n) is 8.20. The van der Waals surface area contributed by atoms with Crippen molar-refractivity contribution in [3.05, 3.63) is 20.3 Å². The van der Waals surface area contributed by atoms with Crippen molar-refractivity contribution < 1.29 is 14.7 Å². The van der Waals surface area contributed by atoms with E-state index >= 15 is 0 Å². The molecule has 0 radical (unpaired) electrons. The Morgan fingerprint density at radius 1 is 1.60 bits per heavy atom. The molecule has 6 heteroatoms. The average molecular weight is 292 g/mol. The molecule has 0 bridgehead atoms. The van der Waals surface area contributed by atoms with Gasteiger partial charge in [-0.25, -0.2) is 0 Å². The van der Waals surface area contributed by atoms with Gasteiger partial charge in [-0.2, -0.15) is 0 Å². The fraction of sp³-hybridized carbons (Fsp3) is 0.333. The fourth-order valence-electron chi connectivity index (χ4n) is 0.977. The smallest absolute Gasteiger partial charge is 0.325 e. The van der Waals surface area contributed by atoms with Gasteiger partial charge in [0.1, 0.15) is 6.04 Å². The summed E-state index contributed by atoms with van der Waals surface area (Å²) < 4.78 is 0.718. The maximum atomic E-state index is 11.6. The first-order valence-corrected chi connectivity index (χ1v) is 5.82. The molecule has 82 valence electrons. The number of aryl methyl sites for hydroxylation is 1. The maximum absolute atomic E-state index is 11.6. The van der Waals surface area contributed by atoms with E-state index in [-0.39, 0.29) is 5.91 Å². The molecule has 2 N–H and O–H groups in total. The van der Waals surface area contributed by atoms with E-state index in [0.29, 0.717) is 5.56 Å². The third-order valence-corrected chi connectivity index (χ3v) is 3.52. The Balaban J connectivity index is 2.77. The van der Waals surface area contributed by atoms with Gasteiger partial charge in [0.15, 0.2) is 0 Å². The summed E-state index contributed by atoms with van der Waals surface area (Å²) >= 11 is 4.70. The second-order valence-electron chi connectivity index (χ2n) is 3.08. The number of hydrogen-bond donors (Lipinski definition) is 2. The highest BCUT2D eigenvalue weighted by Crippen LogP contribution is 2.27. The van der Waals surface area contributed by atoms with E-state index in [1.54, 1.807) is 6.07 Å². The average Bonchev–Trinajstić information content (AvgIpc) is 2.44. The number of carbonyl (C=O) groups is 2. The molecule has 1 heterocycles. The van der Waals surface area contributed by atoms with Crippen LogP contribution in [0.15, 0.2) is 9.85 Å². The van der Waals surface area contributed by atoms with Crippen molar-refractivity contribution in [1.82, 2.24) is 5.32 Å². The van der Waals surface area contributed by atoms with Crippen LogP contribution < -0.4 is 5.32 Å². The Hall–Kier alpha value is -0.880. The largest absolute Gasteiger partial charge is 0.480 e. The predicted molar refractivity (Wildman–Crippen MR) is 61.3 cm³/mol. The van der Waals surface area contributed by atoms with Crippen LogP contribution in [0.3, 0.4) is 0 Å². The Morgan fingerprint density at radius 3 is 2.60 bits per heavy atom. The first kappa shape index (κ1) is 12.2. The second-order valence-corrected chi connectivity index (χ2v) is 5.65. The number of nitrogens with one attached hydrogen (secondary N) is 1. The van der Waals surface area contributed by atoms with E-state index in [1.807, 2.05) is 6.92 Å². The van der Waals surface area contributed by atoms with Gasteiger partial charge in [0.25, 0.3) is 5.91 Å². The summed E-state index contributed by atoms with van der Waals surface area (Å²) in [5.41, 5.74) is 0.477. The van der Waals surface area contributed by atoms with Crippen molar-refractivity contribution >= 4 is 39.1 Å². The molecule has 0 aromatic carbocycles. The molecule has 1 aromatic rings. The van der Waals surface area contributed by atoms with Crippen molar-refractivity contribution in [1.29, 1.82) is 0 Å². The molecule has 15 heavy (non-hydrogen) atoms. The van der Waals surface area contributed by atoms with Crippen LogP contribution in [0.5, 0.6) is 0 Å². The summed E-state index contributed by atoms with van der Waals surface area (Å²) in [5.74, 6) is -1.42. The molecule has 1 atom stereocenters. The van der Waals surface area contributed by atoms with Crippen molar-refractivity contribution in [3.63, 3.8) is 0 Å². The summed E-state index contributed by atoms with van der Waals surface area (Å²) in [5, 5.41) is 11.0. The minimum Gasteiger partial charge on any atom is -0.480 e. The Morgan fingerprint density at radius 2 is 2.20 bits per heavy atom. The highest BCUT2D eigenvalue weighted by Gasteiger charge is 2.18. The van der Waals surface area contributed by atoms with E-state index in [1.165, 1.54) is 18.3 Å². The summed E-state index contributed by atoms with van der Waals surface area (Å²) in [7, 11) is 0. The zero-order chi connectivity index (χ0) is 11.6. The standard InChI is InChI=1S/C9H10BrNO3S/c1-4-3-6(7(10)15-4)8(12)11-5(2)9(13)14/h3,5H,1-2H3,(H,11,12)(H,13,14). The minimum atomic E-state index is -1.05. The summed E-state index contributed by atoms with van der Waals surface area (Å²) in [6.07, 6.45) is 0. The molecular weight excluding hydrogens is 282 g/mol. The van der Waals surface area contributed by atoms with Gasteiger partial charge in [0.05, 0.1) is 9.35 Å². The number of rotatable bonds is 3. The highest BCUT2D eigenvalue weighted by atomic mass is 79.9. The number of carbonyl (C=O) groups excluding carboxylic acids is 1. The lowest BCUT2D eigenvalue weighted by atomic mass is 10.2. The van der Waals surface area contributed by atoms with Crippen molar-refractivity contribution in [2.75, 3.05) is 0 Å². The lowest BCUT2D eigenvalue weighted by molar-refractivity contribution is -0.138. The molecule has 1 amide bonds. The molecule has 0 saturated heterocycles. The SMILES string of the molecule is Cc1cc(C(=O)NC(C)C(=O)O)c(Br)s1. The normalized spacial score (nSPS) is 12.2. The lowest BCUT2D eigenvalue weighted by Crippen LogP contribution is -2.38. The Bertz CT molecular complexity index is 402. The van der Waals surface area contributed by atoms with Crippen molar-refractivity contribution in [3.8, 4) is 0 Å². The number of aliphatic carboxylic acids is 1. The highest BCUT2D eigenvalue weighted by molar-refractivity contribution is 9.11. The van der Waals surface area contributed by atoms with Crippen molar-refractivity contribution in [2.24, 2.45) is 0 Å². The van der Waals surface area contributed by atoms with Gasteiger partial charge in [-0.05, 0) is 35.8 Å². The van der Waals surface area contributed by atoms with E-state index in [2.05, 4.69) is 21.2 Å². The van der Waals surface area contributed by atoms with Crippen LogP contribution in [0.1, 0.15) is 22.2 Å². The molecule has 4 nitrogen and oxygen atoms in total. The molecule has 1 aromatic heterocycles. The van der Waals surface area contributed by atoms with Crippen molar-refractivity contribution in [2.45, 2.75) is 19.9 Å². The van der Waals surface area contributed by atoms with Gasteiger partial charge in [0.2, 0.25) is 0 Å². The van der Waals surface area contributed by atoms with E-state index in [4.69, 9.17) is 5.11 Å². The van der Waals surface area contributed by atoms with Gasteiger partial charge in [-0.1, -0.05) is 0 Å². The van der Waals surface area contributed by atoms with E-state index < -0.39 is 12.0 Å². The van der Waals surface area contributed by atoms with Gasteiger partial charge in [-0.3, -0.25) is 9.59 Å². The first-order chi connectivity index (χ1) is 6.91. The quantitative estimate of drug-likeness (QED) is 0.895. The van der Waals surface area contributed by atoms with Gasteiger partial charge in [0, 0.05) is 4.88 Å². The minimum absolute atomic E-state index is 0.374. The lowest BCUT2D eigenvalue weighted by Gasteiger charge is -2.08. The van der Waals surface area contributed by atoms with Crippen LogP contribution in [0.2, 0.25) is 0 Å². The molecule has 0 aliphatic heterocycles. The van der Waals surface area contributed by atoms with E-state index in [9.17, 15) is 9.59 Å². The molecule has 0 aliphatic rings. The first-order valence-electron chi connectivity index (χ1n) is 4.21. The van der Waals surface area contributed by atoms with E-state index in [0.717, 1.165) is 8.66 Å². The number of carboxylic acids is 1. The van der Waals surface area contributed by atoms with Crippen LogP contribution in [0, 0.1) is 6.92 Å². The third kappa shape index (κ3) is 3.04. The molecule has 0 spiro atoms. The predicted octanol–water partition coefficient (Wildman–Crippen LogP) is 2.02. The fourth-order valence-corrected chi connectivity index (χ4v) is 2.76. The topological polar surface area (TPSA) is 66.4 Å². The van der Waals surface area contributed by atoms with Crippen LogP contribution in [-0.4, -0.2) is 23.0 Å². The van der Waals surface area contributed by atoms with Crippen LogP contribution in [-0.2, 0) is 4.79 Å². The Labute approximate surface area is 99.4 Å². The number of amides is 1. The molecule has 0 saturated carbocycles. The monoisotopic (exact) mass is 291 g/mol. The van der Waals surface area contributed by atoms with Crippen LogP contribution in [0.4, 0.5) is 0 Å². The van der Waals surface area contributed by atoms with Gasteiger partial charge >= 0.3 is 5.97 Å². The molecule has 1 unspecified atom stereocenters. The summed E-state index contributed by atoms with van der Waals surface area (Å²) in [6, 6.07) is 0.836. The molecule has 0 fully saturated rings. The second kappa shape index (κ2) is 4.76. The Kier molecular flexibility index (Phi) is 3.87. The van der Waals surface area contributed by atoms with Crippen LogP contribution >= 0.6 is 27.3 Å². The van der Waals surface area contributed by atoms with Crippen LogP contribution in [0.25, 0.3) is 0 Å². The zero-order valence-corrected chi connectivity index (χ0v) is 10.6. The van der Waals surface area contributed by atoms with Gasteiger partial charge in [-0.15, -0.1) is 11.3 Å². The molecular formula is C9H10BrNO3S. The molecule has 0 aliphatic carbocycles. The summed E-state index contributed by atoms with van der Waals surface area (Å²) in [6.45, 7) is 3.31. The number of thiophene rings is 1. The number of halogens is 1. The maximum Gasteiger partial charge on any atom is 0.325 e. The summed E-state index contributed by atoms with van der Waals surface area (Å²) in [4.78, 5) is 23.1. The third-order valence-electron chi connectivity index (χ3n) is 1.77. The number of carboxylic acid groups (broad SMARTS) is 1.